The summed E-state index contributed by atoms with van der Waals surface area (Å²) in [6.07, 6.45) is 0. The molecule has 0 spiro atoms. The van der Waals surface area contributed by atoms with Crippen molar-refractivity contribution >= 4 is 97.4 Å². The average Bonchev–Trinajstić information content (AvgIpc) is 1.55. The van der Waals surface area contributed by atoms with Gasteiger partial charge in [-0.15, -0.1) is 0 Å². The summed E-state index contributed by atoms with van der Waals surface area (Å²) in [5, 5.41) is 4.69. The fourth-order valence-electron chi connectivity index (χ4n) is 15.5. The zero-order valence-corrected chi connectivity index (χ0v) is 52.7. The molecule has 7 nitrogen and oxygen atoms in total. The van der Waals surface area contributed by atoms with Crippen LogP contribution in [0.5, 0.6) is 11.5 Å². The Morgan fingerprint density at radius 1 is 0.223 bits per heavy atom. The molecule has 21 rings (SSSR count). The maximum atomic E-state index is 7.06. The van der Waals surface area contributed by atoms with E-state index in [9.17, 15) is 0 Å². The Hall–Kier alpha value is -11.9. The number of benzene rings is 14. The average molecular weight is 1380 g/mol. The molecule has 0 atom stereocenters. The second-order valence-corrected chi connectivity index (χ2v) is 27.4. The molecule has 0 fully saturated rings. The molecule has 0 saturated heterocycles. The van der Waals surface area contributed by atoms with Crippen LogP contribution in [-0.2, 0) is 17.6 Å². The summed E-state index contributed by atoms with van der Waals surface area (Å²) in [7, 11) is 0. The van der Waals surface area contributed by atoms with Gasteiger partial charge in [0.05, 0.1) is 0 Å². The molecular formula is C86H52N6OPt. The van der Waals surface area contributed by atoms with Crippen molar-refractivity contribution in [1.82, 2.24) is 9.13 Å². The van der Waals surface area contributed by atoms with Gasteiger partial charge in [-0.1, -0.05) is 12.1 Å². The van der Waals surface area contributed by atoms with E-state index in [4.69, 9.17) is 4.74 Å². The van der Waals surface area contributed by atoms with E-state index >= 15 is 0 Å². The van der Waals surface area contributed by atoms with Crippen molar-refractivity contribution < 1.29 is 22.4 Å². The van der Waals surface area contributed by atoms with E-state index in [0.29, 0.717) is 0 Å². The molecule has 0 N–H and O–H groups in total. The predicted molar refractivity (Wildman–Crippen MR) is 386 cm³/mol. The third kappa shape index (κ3) is 7.53. The molecule has 0 saturated carbocycles. The second-order valence-electron chi connectivity index (χ2n) is 24.8. The van der Waals surface area contributed by atoms with Gasteiger partial charge in [0, 0.05) is 0 Å². The van der Waals surface area contributed by atoms with Gasteiger partial charge >= 0.3 is 541 Å². The Morgan fingerprint density at radius 3 is 0.883 bits per heavy atom. The van der Waals surface area contributed by atoms with Gasteiger partial charge in [-0.05, 0) is 0 Å². The van der Waals surface area contributed by atoms with Crippen molar-refractivity contribution in [3.63, 3.8) is 0 Å². The summed E-state index contributed by atoms with van der Waals surface area (Å²) in [5.41, 5.74) is 29.0. The topological polar surface area (TPSA) is 32.1 Å². The molecule has 0 radical (unpaired) electrons. The minimum atomic E-state index is -1.34. The van der Waals surface area contributed by atoms with Gasteiger partial charge in [-0.3, -0.25) is 0 Å². The molecule has 442 valence electrons. The van der Waals surface area contributed by atoms with Crippen molar-refractivity contribution in [2.45, 2.75) is 0 Å². The van der Waals surface area contributed by atoms with Crippen LogP contribution >= 0.6 is 0 Å². The fourth-order valence-corrected chi connectivity index (χ4v) is 19.2. The quantitative estimate of drug-likeness (QED) is 0.175. The summed E-state index contributed by atoms with van der Waals surface area (Å²) >= 11 is -1.34. The van der Waals surface area contributed by atoms with Crippen molar-refractivity contribution in [2.75, 3.05) is 19.6 Å². The Balaban J connectivity index is 1.04. The van der Waals surface area contributed by atoms with Gasteiger partial charge in [0.2, 0.25) is 0 Å². The zero-order valence-electron chi connectivity index (χ0n) is 50.4. The maximum absolute atomic E-state index is 7.06. The number of anilines is 8. The van der Waals surface area contributed by atoms with Crippen LogP contribution in [0.3, 0.4) is 0 Å². The fraction of sp³-hybridized carbons (Fsp3) is 0. The van der Waals surface area contributed by atoms with Crippen molar-refractivity contribution in [3.8, 4) is 89.6 Å². The molecule has 5 aliphatic rings. The van der Waals surface area contributed by atoms with Crippen LogP contribution in [0.2, 0.25) is 0 Å². The van der Waals surface area contributed by atoms with Crippen LogP contribution in [0, 0.1) is 0 Å². The van der Waals surface area contributed by atoms with E-state index in [-0.39, 0.29) is 0 Å². The van der Waals surface area contributed by atoms with Crippen molar-refractivity contribution in [1.29, 1.82) is 0 Å². The summed E-state index contributed by atoms with van der Waals surface area (Å²) in [6, 6.07) is 119. The van der Waals surface area contributed by atoms with Crippen LogP contribution in [-0.4, -0.2) is 17.4 Å². The van der Waals surface area contributed by atoms with Crippen LogP contribution in [0.25, 0.3) is 122 Å². The van der Waals surface area contributed by atoms with Gasteiger partial charge in [0.15, 0.2) is 0 Å². The Morgan fingerprint density at radius 2 is 0.532 bits per heavy atom. The number of para-hydroxylation sites is 6. The molecule has 8 heteroatoms. The molecule has 2 aromatic heterocycles. The van der Waals surface area contributed by atoms with Gasteiger partial charge in [-0.2, -0.15) is 0 Å². The molecule has 16 aromatic rings. The van der Waals surface area contributed by atoms with Crippen molar-refractivity contribution in [2.24, 2.45) is 0 Å². The molecule has 5 aliphatic heterocycles. The van der Waals surface area contributed by atoms with E-state index in [2.05, 4.69) is 344 Å². The molecule has 0 aliphatic carbocycles. The predicted octanol–water partition coefficient (Wildman–Crippen LogP) is 22.2. The molecule has 7 heterocycles. The first-order valence-electron chi connectivity index (χ1n) is 32.0. The van der Waals surface area contributed by atoms with Crippen LogP contribution in [0.15, 0.2) is 315 Å². The molecular weight excluding hydrogens is 1330 g/mol. The first-order valence-corrected chi connectivity index (χ1v) is 34.2. The van der Waals surface area contributed by atoms with Gasteiger partial charge in [-0.25, -0.2) is 0 Å². The van der Waals surface area contributed by atoms with E-state index in [1.807, 2.05) is 0 Å². The Kier molecular flexibility index (Phi) is 10.9. The normalized spacial score (nSPS) is 13.7. The number of aromatic nitrogens is 2. The third-order valence-electron chi connectivity index (χ3n) is 19.6. The SMILES string of the molecule is c1ccc(-c2cc3c4c(c2)-c2ccc5c(c2)c2cc(ccc2n5-c2ccccc2)-c2cc(-c5ccccc5)cc(c2N2[C]5=[Pt]=[C]6N(c7cccc(c7)Oc7cccc(c7)N5c5ccccc52)c2ccccc2N64)-c2ccc4c(c2)c2cc-3ccc2n4-c2ccccc2)cc1. The summed E-state index contributed by atoms with van der Waals surface area (Å²) in [5.74, 6) is 1.53. The number of rotatable bonds is 4. The first-order chi connectivity index (χ1) is 46.6. The van der Waals surface area contributed by atoms with Gasteiger partial charge in [0.25, 0.3) is 0 Å². The first kappa shape index (κ1) is 51.8. The van der Waals surface area contributed by atoms with Crippen LogP contribution in [0.4, 0.5) is 45.5 Å². The monoisotopic (exact) mass is 1380 g/mol. The number of hydrogen-bond donors (Lipinski definition) is 0. The Labute approximate surface area is 549 Å². The van der Waals surface area contributed by atoms with Crippen LogP contribution < -0.4 is 24.3 Å². The molecule has 14 aromatic carbocycles. The van der Waals surface area contributed by atoms with Crippen molar-refractivity contribution in [3.05, 3.63) is 315 Å². The summed E-state index contributed by atoms with van der Waals surface area (Å²) < 4.78 is 14.3. The standard InChI is InChI=1S/C86H52N6O.Pt/c1-5-19-55(20-6-1)61-47-69-57-35-39-77-73(43-57)75-45-59(37-41-79(75)91(77)63-23-9-3-10-24-63)71-49-62(56-21-7-2-8-22-56)50-72-60-38-42-80-76(46-60)74-44-58(36-40-78(74)92(80)64-25-11-4-12-26-64)70(48-61)85(69)89-53-87(81-31-13-15-33-83(81)89)65-27-17-29-67(51-65)93-68-30-18-28-66(52-68)88-54-90(86(71)72)84-34-16-14-32-82(84)88;/h1-52H;. The minimum absolute atomic E-state index is 0.766. The second kappa shape index (κ2) is 19.8. The zero-order chi connectivity index (χ0) is 61.3. The van der Waals surface area contributed by atoms with E-state index in [0.717, 1.165) is 157 Å². The molecule has 0 amide bonds. The number of nitrogens with zero attached hydrogens (tertiary/aromatic N) is 6. The summed E-state index contributed by atoms with van der Waals surface area (Å²) in [4.78, 5) is 10.5. The summed E-state index contributed by atoms with van der Waals surface area (Å²) in [6.45, 7) is 0. The van der Waals surface area contributed by atoms with Crippen LogP contribution in [0.1, 0.15) is 0 Å². The Bertz CT molecular complexity index is 5500. The molecule has 94 heavy (non-hydrogen) atoms. The van der Waals surface area contributed by atoms with Gasteiger partial charge in [0.1, 0.15) is 0 Å². The van der Waals surface area contributed by atoms with E-state index < -0.39 is 17.6 Å². The van der Waals surface area contributed by atoms with E-state index in [1.165, 1.54) is 29.8 Å². The molecule has 16 bridgehead atoms. The number of ether oxygens (including phenoxy) is 1. The number of fused-ring (bicyclic) bond motifs is 18. The molecule has 0 unspecified atom stereocenters. The van der Waals surface area contributed by atoms with Gasteiger partial charge < -0.3 is 0 Å². The van der Waals surface area contributed by atoms with E-state index in [1.54, 1.807) is 0 Å². The third-order valence-corrected chi connectivity index (χ3v) is 22.7. The number of hydrogen-bond acceptors (Lipinski definition) is 5.